The Hall–Kier alpha value is -3.65. The highest BCUT2D eigenvalue weighted by Crippen LogP contribution is 2.41. The highest BCUT2D eigenvalue weighted by Gasteiger charge is 2.50. The molecule has 4 atom stereocenters. The van der Waals surface area contributed by atoms with Crippen molar-refractivity contribution in [2.24, 2.45) is 11.8 Å². The number of nitrogens with zero attached hydrogens (tertiary/aromatic N) is 4. The van der Waals surface area contributed by atoms with Crippen LogP contribution >= 0.6 is 11.6 Å². The van der Waals surface area contributed by atoms with Gasteiger partial charge in [0.05, 0.1) is 31.0 Å². The SMILES string of the molecule is COc1ccc([C@@H]2C[C@@H](c3ccc(Cl)cc3)n3nc(N4C(=O)[C@H]5CC=CC[C@H]5C4=O)nc3N2)cc1. The minimum atomic E-state index is -0.333. The third-order valence-corrected chi connectivity index (χ3v) is 7.41. The molecule has 178 valence electrons. The molecule has 0 spiro atoms. The monoisotopic (exact) mass is 489 g/mol. The van der Waals surface area contributed by atoms with Gasteiger partial charge < -0.3 is 10.1 Å². The molecule has 1 aromatic heterocycles. The van der Waals surface area contributed by atoms with Gasteiger partial charge in [0.15, 0.2) is 0 Å². The second-order valence-corrected chi connectivity index (χ2v) is 9.56. The molecule has 1 aliphatic carbocycles. The van der Waals surface area contributed by atoms with Crippen LogP contribution in [0.1, 0.15) is 42.5 Å². The van der Waals surface area contributed by atoms with Crippen molar-refractivity contribution in [2.45, 2.75) is 31.3 Å². The average molecular weight is 490 g/mol. The largest absolute Gasteiger partial charge is 0.497 e. The number of imide groups is 1. The fourth-order valence-electron chi connectivity index (χ4n) is 5.28. The van der Waals surface area contributed by atoms with Crippen molar-refractivity contribution < 1.29 is 14.3 Å². The summed E-state index contributed by atoms with van der Waals surface area (Å²) in [5, 5.41) is 8.79. The molecule has 9 heteroatoms. The van der Waals surface area contributed by atoms with E-state index in [0.717, 1.165) is 16.9 Å². The normalized spacial score (nSPS) is 25.3. The van der Waals surface area contributed by atoms with Gasteiger partial charge in [0.1, 0.15) is 5.75 Å². The first-order valence-corrected chi connectivity index (χ1v) is 12.1. The van der Waals surface area contributed by atoms with Gasteiger partial charge in [-0.1, -0.05) is 48.0 Å². The molecule has 3 aromatic rings. The number of benzene rings is 2. The lowest BCUT2D eigenvalue weighted by Gasteiger charge is -2.31. The van der Waals surface area contributed by atoms with E-state index in [1.165, 1.54) is 4.90 Å². The third-order valence-electron chi connectivity index (χ3n) is 7.16. The zero-order chi connectivity index (χ0) is 24.1. The maximum atomic E-state index is 13.1. The molecule has 2 amide bonds. The molecule has 8 nitrogen and oxygen atoms in total. The van der Waals surface area contributed by atoms with Crippen LogP contribution in [0.5, 0.6) is 5.75 Å². The van der Waals surface area contributed by atoms with Crippen LogP contribution < -0.4 is 15.0 Å². The summed E-state index contributed by atoms with van der Waals surface area (Å²) in [6.45, 7) is 0. The summed E-state index contributed by atoms with van der Waals surface area (Å²) >= 11 is 6.14. The van der Waals surface area contributed by atoms with Gasteiger partial charge in [0.2, 0.25) is 17.8 Å². The zero-order valence-electron chi connectivity index (χ0n) is 19.1. The Morgan fingerprint density at radius 2 is 1.57 bits per heavy atom. The molecule has 1 saturated heterocycles. The lowest BCUT2D eigenvalue weighted by atomic mass is 9.85. The standard InChI is InChI=1S/C26H24ClN5O3/c1-35-18-12-8-15(9-13-18)21-14-22(16-6-10-17(27)11-7-16)32-25(28-21)29-26(30-32)31-23(33)19-4-2-3-5-20(19)24(31)34/h2-3,6-13,19-22H,4-5,14H2,1H3,(H,28,29,30)/t19-,20+,21-,22-/m0/s1. The Morgan fingerprint density at radius 3 is 2.20 bits per heavy atom. The molecule has 0 radical (unpaired) electrons. The Labute approximate surface area is 207 Å². The number of aromatic nitrogens is 3. The minimum absolute atomic E-state index is 0.0529. The molecule has 1 fully saturated rings. The molecule has 35 heavy (non-hydrogen) atoms. The van der Waals surface area contributed by atoms with Gasteiger partial charge in [-0.25, -0.2) is 9.58 Å². The molecule has 0 unspecified atom stereocenters. The number of methoxy groups -OCH3 is 1. The van der Waals surface area contributed by atoms with Gasteiger partial charge in [0, 0.05) is 5.02 Å². The van der Waals surface area contributed by atoms with Crippen LogP contribution in [0, 0.1) is 11.8 Å². The van der Waals surface area contributed by atoms with Gasteiger partial charge in [-0.05, 0) is 54.7 Å². The van der Waals surface area contributed by atoms with E-state index in [0.29, 0.717) is 30.2 Å². The molecular weight excluding hydrogens is 466 g/mol. The van der Waals surface area contributed by atoms with Crippen LogP contribution in [0.4, 0.5) is 11.9 Å². The van der Waals surface area contributed by atoms with Gasteiger partial charge in [-0.15, -0.1) is 5.10 Å². The van der Waals surface area contributed by atoms with Crippen LogP contribution in [0.25, 0.3) is 0 Å². The number of allylic oxidation sites excluding steroid dienone is 2. The zero-order valence-corrected chi connectivity index (χ0v) is 19.9. The molecule has 6 rings (SSSR count). The lowest BCUT2D eigenvalue weighted by Crippen LogP contribution is -2.32. The Bertz CT molecular complexity index is 1290. The van der Waals surface area contributed by atoms with Crippen molar-refractivity contribution in [1.29, 1.82) is 0 Å². The van der Waals surface area contributed by atoms with Crippen molar-refractivity contribution in [3.05, 3.63) is 76.8 Å². The fourth-order valence-corrected chi connectivity index (χ4v) is 5.40. The molecule has 2 aliphatic heterocycles. The van der Waals surface area contributed by atoms with Crippen LogP contribution in [0.3, 0.4) is 0 Å². The Kier molecular flexibility index (Phi) is 5.33. The summed E-state index contributed by atoms with van der Waals surface area (Å²) in [5.41, 5.74) is 2.09. The fraction of sp³-hybridized carbons (Fsp3) is 0.308. The smallest absolute Gasteiger partial charge is 0.260 e. The van der Waals surface area contributed by atoms with Crippen LogP contribution in [-0.4, -0.2) is 33.7 Å². The van der Waals surface area contributed by atoms with Gasteiger partial charge in [0.25, 0.3) is 5.95 Å². The maximum absolute atomic E-state index is 13.1. The van der Waals surface area contributed by atoms with E-state index in [1.807, 2.05) is 60.7 Å². The van der Waals surface area contributed by atoms with E-state index in [4.69, 9.17) is 16.3 Å². The summed E-state index contributed by atoms with van der Waals surface area (Å²) < 4.78 is 7.08. The number of amides is 2. The summed E-state index contributed by atoms with van der Waals surface area (Å²) in [5.74, 6) is 0.322. The number of fused-ring (bicyclic) bond motifs is 2. The number of anilines is 2. The summed E-state index contributed by atoms with van der Waals surface area (Å²) in [6.07, 6.45) is 5.79. The van der Waals surface area contributed by atoms with Gasteiger partial charge >= 0.3 is 0 Å². The predicted octanol–water partition coefficient (Wildman–Crippen LogP) is 4.54. The number of carbonyl (C=O) groups excluding carboxylic acids is 2. The van der Waals surface area contributed by atoms with Crippen molar-refractivity contribution in [3.8, 4) is 5.75 Å². The average Bonchev–Trinajstić information content (AvgIpc) is 3.42. The number of ether oxygens (including phenoxy) is 1. The van der Waals surface area contributed by atoms with E-state index in [-0.39, 0.29) is 41.7 Å². The molecule has 3 heterocycles. The highest BCUT2D eigenvalue weighted by atomic mass is 35.5. The van der Waals surface area contributed by atoms with E-state index in [1.54, 1.807) is 11.8 Å². The van der Waals surface area contributed by atoms with Gasteiger partial charge in [-0.3, -0.25) is 9.59 Å². The summed E-state index contributed by atoms with van der Waals surface area (Å²) in [6, 6.07) is 15.3. The summed E-state index contributed by atoms with van der Waals surface area (Å²) in [7, 11) is 1.64. The second-order valence-electron chi connectivity index (χ2n) is 9.12. The first-order chi connectivity index (χ1) is 17.0. The quantitative estimate of drug-likeness (QED) is 0.427. The second kappa shape index (κ2) is 8.53. The third kappa shape index (κ3) is 3.69. The number of hydrogen-bond acceptors (Lipinski definition) is 6. The van der Waals surface area contributed by atoms with E-state index in [9.17, 15) is 9.59 Å². The van der Waals surface area contributed by atoms with Crippen LogP contribution in [0.15, 0.2) is 60.7 Å². The maximum Gasteiger partial charge on any atom is 0.260 e. The van der Waals surface area contributed by atoms with Crippen LogP contribution in [-0.2, 0) is 9.59 Å². The number of hydrogen-bond donors (Lipinski definition) is 1. The number of halogens is 1. The van der Waals surface area contributed by atoms with Crippen molar-refractivity contribution in [1.82, 2.24) is 14.8 Å². The molecule has 2 aromatic carbocycles. The first-order valence-electron chi connectivity index (χ1n) is 11.7. The Morgan fingerprint density at radius 1 is 0.943 bits per heavy atom. The van der Waals surface area contributed by atoms with E-state index in [2.05, 4.69) is 15.4 Å². The molecular formula is C26H24ClN5O3. The lowest BCUT2D eigenvalue weighted by molar-refractivity contribution is -0.122. The molecule has 3 aliphatic rings. The van der Waals surface area contributed by atoms with Crippen molar-refractivity contribution >= 4 is 35.3 Å². The Balaban J connectivity index is 1.39. The highest BCUT2D eigenvalue weighted by molar-refractivity contribution is 6.30. The van der Waals surface area contributed by atoms with Crippen molar-refractivity contribution in [3.63, 3.8) is 0 Å². The van der Waals surface area contributed by atoms with E-state index < -0.39 is 0 Å². The number of rotatable bonds is 4. The predicted molar refractivity (Wildman–Crippen MR) is 131 cm³/mol. The molecule has 0 bridgehead atoms. The van der Waals surface area contributed by atoms with Crippen LogP contribution in [0.2, 0.25) is 5.02 Å². The number of nitrogens with one attached hydrogen (secondary N) is 1. The van der Waals surface area contributed by atoms with E-state index >= 15 is 0 Å². The topological polar surface area (TPSA) is 89.4 Å². The molecule has 1 N–H and O–H groups in total. The molecule has 0 saturated carbocycles. The summed E-state index contributed by atoms with van der Waals surface area (Å²) in [4.78, 5) is 32.1. The number of carbonyl (C=O) groups is 2. The van der Waals surface area contributed by atoms with Gasteiger partial charge in [-0.2, -0.15) is 4.98 Å². The van der Waals surface area contributed by atoms with Crippen molar-refractivity contribution in [2.75, 3.05) is 17.3 Å². The first kappa shape index (κ1) is 21.9. The minimum Gasteiger partial charge on any atom is -0.497 e.